The molecular weight excluding hydrogens is 326 g/mol. The lowest BCUT2D eigenvalue weighted by Crippen LogP contribution is -2.38. The lowest BCUT2D eigenvalue weighted by atomic mass is 9.97. The highest BCUT2D eigenvalue weighted by Crippen LogP contribution is 2.25. The molecular formula is C20H21N5O. The van der Waals surface area contributed by atoms with Gasteiger partial charge in [-0.2, -0.15) is 0 Å². The summed E-state index contributed by atoms with van der Waals surface area (Å²) in [5.41, 5.74) is 2.97. The van der Waals surface area contributed by atoms with Gasteiger partial charge in [0.1, 0.15) is 0 Å². The van der Waals surface area contributed by atoms with Crippen molar-refractivity contribution in [2.75, 3.05) is 24.5 Å². The van der Waals surface area contributed by atoms with Crippen molar-refractivity contribution >= 4 is 23.3 Å². The van der Waals surface area contributed by atoms with Crippen molar-refractivity contribution in [2.24, 2.45) is 5.92 Å². The van der Waals surface area contributed by atoms with E-state index in [1.807, 2.05) is 24.4 Å². The van der Waals surface area contributed by atoms with Crippen LogP contribution in [0.5, 0.6) is 0 Å². The maximum atomic E-state index is 10.4. The molecule has 0 bridgehead atoms. The zero-order chi connectivity index (χ0) is 17.8. The highest BCUT2D eigenvalue weighted by atomic mass is 16.1. The number of aromatic nitrogens is 3. The van der Waals surface area contributed by atoms with Crippen LogP contribution in [-0.4, -0.2) is 41.0 Å². The Kier molecular flexibility index (Phi) is 4.73. The molecule has 1 aliphatic heterocycles. The number of anilines is 1. The minimum absolute atomic E-state index is 0.535. The first-order valence-corrected chi connectivity index (χ1v) is 8.93. The van der Waals surface area contributed by atoms with E-state index in [-0.39, 0.29) is 0 Å². The van der Waals surface area contributed by atoms with Crippen LogP contribution in [0.15, 0.2) is 48.8 Å². The molecule has 3 aromatic rings. The number of amides is 1. The number of fused-ring (bicyclic) bond motifs is 1. The molecule has 132 valence electrons. The third-order valence-corrected chi connectivity index (χ3v) is 4.93. The number of nitrogens with zero attached hydrogens (tertiary/aromatic N) is 4. The van der Waals surface area contributed by atoms with Gasteiger partial charge in [-0.25, -0.2) is 9.97 Å². The first-order valence-electron chi connectivity index (χ1n) is 8.93. The Morgan fingerprint density at radius 1 is 1.12 bits per heavy atom. The molecule has 0 aliphatic carbocycles. The molecule has 3 heterocycles. The minimum Gasteiger partial charge on any atom is -0.358 e. The molecule has 0 radical (unpaired) electrons. The molecule has 2 aromatic heterocycles. The van der Waals surface area contributed by atoms with Crippen LogP contribution in [-0.2, 0) is 4.79 Å². The van der Waals surface area contributed by atoms with Crippen LogP contribution in [0.3, 0.4) is 0 Å². The lowest BCUT2D eigenvalue weighted by Gasteiger charge is -2.31. The summed E-state index contributed by atoms with van der Waals surface area (Å²) in [5.74, 6) is 1.31. The highest BCUT2D eigenvalue weighted by molar-refractivity contribution is 5.83. The molecule has 0 unspecified atom stereocenters. The molecule has 1 aliphatic rings. The molecule has 0 spiro atoms. The molecule has 4 rings (SSSR count). The van der Waals surface area contributed by atoms with Crippen LogP contribution < -0.4 is 10.2 Å². The Morgan fingerprint density at radius 2 is 2.00 bits per heavy atom. The van der Waals surface area contributed by atoms with Crippen LogP contribution in [0.25, 0.3) is 22.2 Å². The van der Waals surface area contributed by atoms with Crippen molar-refractivity contribution in [3.8, 4) is 11.3 Å². The van der Waals surface area contributed by atoms with E-state index < -0.39 is 0 Å². The van der Waals surface area contributed by atoms with E-state index in [2.05, 4.69) is 38.4 Å². The second-order valence-corrected chi connectivity index (χ2v) is 6.61. The Bertz CT molecular complexity index is 905. The fourth-order valence-corrected chi connectivity index (χ4v) is 3.45. The van der Waals surface area contributed by atoms with Gasteiger partial charge in [-0.05, 0) is 43.0 Å². The third-order valence-electron chi connectivity index (χ3n) is 4.93. The Hall–Kier alpha value is -3.02. The van der Waals surface area contributed by atoms with Crippen LogP contribution in [0.1, 0.15) is 12.8 Å². The molecule has 1 N–H and O–H groups in total. The highest BCUT2D eigenvalue weighted by Gasteiger charge is 2.21. The van der Waals surface area contributed by atoms with Gasteiger partial charge in [-0.3, -0.25) is 9.78 Å². The third kappa shape index (κ3) is 3.49. The number of carbonyl (C=O) groups excluding carboxylic acids is 1. The first kappa shape index (κ1) is 16.4. The predicted octanol–water partition coefficient (Wildman–Crippen LogP) is 2.65. The molecule has 1 saturated heterocycles. The van der Waals surface area contributed by atoms with Gasteiger partial charge in [0.15, 0.2) is 0 Å². The Morgan fingerprint density at radius 3 is 2.85 bits per heavy atom. The quantitative estimate of drug-likeness (QED) is 0.719. The van der Waals surface area contributed by atoms with Gasteiger partial charge in [0.25, 0.3) is 0 Å². The summed E-state index contributed by atoms with van der Waals surface area (Å²) in [6.45, 7) is 2.58. The number of nitrogens with one attached hydrogen (secondary N) is 1. The van der Waals surface area contributed by atoms with Gasteiger partial charge in [0.05, 0.1) is 11.2 Å². The van der Waals surface area contributed by atoms with E-state index in [0.717, 1.165) is 67.0 Å². The monoisotopic (exact) mass is 347 g/mol. The lowest BCUT2D eigenvalue weighted by molar-refractivity contribution is -0.109. The fourth-order valence-electron chi connectivity index (χ4n) is 3.45. The van der Waals surface area contributed by atoms with Crippen molar-refractivity contribution in [2.45, 2.75) is 12.8 Å². The summed E-state index contributed by atoms with van der Waals surface area (Å²) in [6, 6.07) is 12.2. The molecule has 26 heavy (non-hydrogen) atoms. The maximum absolute atomic E-state index is 10.4. The predicted molar refractivity (Wildman–Crippen MR) is 102 cm³/mol. The smallest absolute Gasteiger partial charge is 0.225 e. The Balaban J connectivity index is 1.52. The number of benzene rings is 1. The number of pyridine rings is 1. The molecule has 0 saturated carbocycles. The average Bonchev–Trinajstić information content (AvgIpc) is 2.72. The molecule has 0 atom stereocenters. The largest absolute Gasteiger partial charge is 0.358 e. The van der Waals surface area contributed by atoms with Crippen molar-refractivity contribution in [3.63, 3.8) is 0 Å². The van der Waals surface area contributed by atoms with E-state index in [4.69, 9.17) is 4.98 Å². The summed E-state index contributed by atoms with van der Waals surface area (Å²) in [6.07, 6.45) is 6.48. The van der Waals surface area contributed by atoms with Crippen LogP contribution in [0.2, 0.25) is 0 Å². The maximum Gasteiger partial charge on any atom is 0.225 e. The molecule has 1 aromatic carbocycles. The van der Waals surface area contributed by atoms with Crippen molar-refractivity contribution < 1.29 is 4.79 Å². The summed E-state index contributed by atoms with van der Waals surface area (Å²) in [5, 5.41) is 3.89. The second kappa shape index (κ2) is 7.47. The average molecular weight is 347 g/mol. The summed E-state index contributed by atoms with van der Waals surface area (Å²) in [4.78, 5) is 26.3. The molecule has 1 amide bonds. The standard InChI is InChI=1S/C20H21N5O/c26-14-21-13-15-6-10-25(11-7-15)20-23-9-5-19(24-20)17-3-4-18-16(12-17)2-1-8-22-18/h1-5,8-9,12,14-15H,6-7,10-11,13H2,(H,21,26). The van der Waals surface area contributed by atoms with E-state index in [1.54, 1.807) is 6.20 Å². The minimum atomic E-state index is 0.535. The summed E-state index contributed by atoms with van der Waals surface area (Å²) < 4.78 is 0. The van der Waals surface area contributed by atoms with Crippen molar-refractivity contribution in [1.29, 1.82) is 0 Å². The normalized spacial score (nSPS) is 15.2. The molecule has 6 heteroatoms. The van der Waals surface area contributed by atoms with Crippen LogP contribution in [0.4, 0.5) is 5.95 Å². The first-order chi connectivity index (χ1) is 12.8. The van der Waals surface area contributed by atoms with Crippen molar-refractivity contribution in [3.05, 3.63) is 48.8 Å². The fraction of sp³-hybridized carbons (Fsp3) is 0.300. The van der Waals surface area contributed by atoms with E-state index in [0.29, 0.717) is 5.92 Å². The Labute approximate surface area is 152 Å². The number of piperidine rings is 1. The van der Waals surface area contributed by atoms with Crippen molar-refractivity contribution in [1.82, 2.24) is 20.3 Å². The number of rotatable bonds is 5. The van der Waals surface area contributed by atoms with E-state index in [1.165, 1.54) is 0 Å². The summed E-state index contributed by atoms with van der Waals surface area (Å²) >= 11 is 0. The van der Waals surface area contributed by atoms with Gasteiger partial charge in [0, 0.05) is 43.0 Å². The van der Waals surface area contributed by atoms with E-state index in [9.17, 15) is 4.79 Å². The van der Waals surface area contributed by atoms with Crippen LogP contribution in [0, 0.1) is 5.92 Å². The van der Waals surface area contributed by atoms with Gasteiger partial charge in [0.2, 0.25) is 12.4 Å². The van der Waals surface area contributed by atoms with Gasteiger partial charge < -0.3 is 10.2 Å². The molecule has 6 nitrogen and oxygen atoms in total. The van der Waals surface area contributed by atoms with Gasteiger partial charge in [-0.1, -0.05) is 12.1 Å². The number of hydrogen-bond donors (Lipinski definition) is 1. The van der Waals surface area contributed by atoms with E-state index >= 15 is 0 Å². The summed E-state index contributed by atoms with van der Waals surface area (Å²) in [7, 11) is 0. The zero-order valence-electron chi connectivity index (χ0n) is 14.5. The van der Waals surface area contributed by atoms with Gasteiger partial charge >= 0.3 is 0 Å². The molecule has 1 fully saturated rings. The zero-order valence-corrected chi connectivity index (χ0v) is 14.5. The topological polar surface area (TPSA) is 71.0 Å². The second-order valence-electron chi connectivity index (χ2n) is 6.61. The van der Waals surface area contributed by atoms with Gasteiger partial charge in [-0.15, -0.1) is 0 Å². The SMILES string of the molecule is O=CNCC1CCN(c2nccc(-c3ccc4ncccc4c3)n2)CC1. The van der Waals surface area contributed by atoms with Crippen LogP contribution >= 0.6 is 0 Å². The number of carbonyl (C=O) groups is 1. The number of hydrogen-bond acceptors (Lipinski definition) is 5.